The summed E-state index contributed by atoms with van der Waals surface area (Å²) in [6, 6.07) is -2.28. The van der Waals surface area contributed by atoms with Gasteiger partial charge in [0, 0.05) is 41.5 Å². The number of nitrogens with one attached hydrogen (secondary N) is 3. The number of hydrogen-bond acceptors (Lipinski definition) is 8. The zero-order chi connectivity index (χ0) is 30.6. The van der Waals surface area contributed by atoms with E-state index in [2.05, 4.69) is 22.9 Å². The Morgan fingerprint density at radius 3 is 2.59 bits per heavy atom. The third-order valence-electron chi connectivity index (χ3n) is 6.97. The number of piperidine rings is 1. The first-order valence-electron chi connectivity index (χ1n) is 14.7. The van der Waals surface area contributed by atoms with Gasteiger partial charge in [0.15, 0.2) is 0 Å². The quantitative estimate of drug-likeness (QED) is 0.254. The number of ether oxygens (including phenoxy) is 1. The van der Waals surface area contributed by atoms with Gasteiger partial charge in [-0.1, -0.05) is 32.4 Å². The van der Waals surface area contributed by atoms with Crippen LogP contribution in [0.1, 0.15) is 73.6 Å². The number of carbonyl (C=O) groups is 4. The molecule has 0 aromatic heterocycles. The maximum absolute atomic E-state index is 13.6. The van der Waals surface area contributed by atoms with Crippen LogP contribution >= 0.6 is 23.5 Å². The smallest absolute Gasteiger partial charge is 0.411 e. The van der Waals surface area contributed by atoms with Crippen molar-refractivity contribution in [3.63, 3.8) is 0 Å². The number of likely N-dealkylation sites (tertiary alicyclic amines) is 1. The van der Waals surface area contributed by atoms with Crippen LogP contribution in [0.25, 0.3) is 0 Å². The van der Waals surface area contributed by atoms with Crippen LogP contribution in [0.15, 0.2) is 12.2 Å². The zero-order valence-electron chi connectivity index (χ0n) is 25.4. The molecule has 0 aromatic rings. The standard InChI is InChI=1S/C29H50N4O6S2/c1-7-8-13-30-25(35)19(2)17-22(34)21-18-40-15-9-10-16-41-23-12-11-14-33(28(38)39-29(4,5)6)24(23)27(37)31-20(3)26(36)32-21/h9-10,19-24,34H,7-8,11-18H2,1-6H3,(H,30,35)(H,31,37)(H,32,36)/b10-9+/t19-,20+,21+,22+,23-,24+/m1/s1. The number of thioether (sulfide) groups is 2. The molecule has 12 heteroatoms. The van der Waals surface area contributed by atoms with E-state index in [4.69, 9.17) is 4.74 Å². The first-order valence-corrected chi connectivity index (χ1v) is 16.9. The number of aliphatic hydroxyl groups excluding tert-OH is 1. The zero-order valence-corrected chi connectivity index (χ0v) is 27.1. The highest BCUT2D eigenvalue weighted by Crippen LogP contribution is 2.30. The van der Waals surface area contributed by atoms with Crippen LogP contribution in [0, 0.1) is 5.92 Å². The summed E-state index contributed by atoms with van der Waals surface area (Å²) in [6.45, 7) is 11.8. The molecule has 6 atom stereocenters. The van der Waals surface area contributed by atoms with Crippen molar-refractivity contribution in [3.05, 3.63) is 12.2 Å². The van der Waals surface area contributed by atoms with Gasteiger partial charge in [0.2, 0.25) is 17.7 Å². The number of carbonyl (C=O) groups excluding carboxylic acids is 4. The molecule has 0 spiro atoms. The first-order chi connectivity index (χ1) is 19.3. The van der Waals surface area contributed by atoms with Crippen LogP contribution < -0.4 is 16.0 Å². The highest BCUT2D eigenvalue weighted by atomic mass is 32.2. The van der Waals surface area contributed by atoms with Crippen LogP contribution in [-0.4, -0.2) is 99.2 Å². The largest absolute Gasteiger partial charge is 0.444 e. The lowest BCUT2D eigenvalue weighted by Crippen LogP contribution is -2.61. The van der Waals surface area contributed by atoms with E-state index in [0.29, 0.717) is 30.3 Å². The van der Waals surface area contributed by atoms with Crippen LogP contribution in [-0.2, 0) is 19.1 Å². The summed E-state index contributed by atoms with van der Waals surface area (Å²) in [4.78, 5) is 53.8. The number of nitrogens with zero attached hydrogens (tertiary/aromatic N) is 1. The first kappa shape index (κ1) is 35.3. The molecule has 234 valence electrons. The summed E-state index contributed by atoms with van der Waals surface area (Å²) in [6.07, 6.45) is 6.20. The minimum Gasteiger partial charge on any atom is -0.444 e. The van der Waals surface area contributed by atoms with Gasteiger partial charge in [0.1, 0.15) is 17.7 Å². The number of rotatable bonds is 7. The lowest BCUT2D eigenvalue weighted by molar-refractivity contribution is -0.132. The Balaban J connectivity index is 2.18. The monoisotopic (exact) mass is 614 g/mol. The lowest BCUT2D eigenvalue weighted by atomic mass is 9.98. The van der Waals surface area contributed by atoms with Crippen molar-refractivity contribution in [2.75, 3.05) is 30.3 Å². The van der Waals surface area contributed by atoms with E-state index in [9.17, 15) is 24.3 Å². The summed E-state index contributed by atoms with van der Waals surface area (Å²) < 4.78 is 5.61. The molecule has 0 aliphatic carbocycles. The van der Waals surface area contributed by atoms with Gasteiger partial charge in [-0.15, -0.1) is 0 Å². The molecule has 0 aromatic carbocycles. The molecule has 41 heavy (non-hydrogen) atoms. The number of fused-ring (bicyclic) bond motifs is 1. The Hall–Kier alpha value is -1.92. The molecule has 0 unspecified atom stereocenters. The van der Waals surface area contributed by atoms with Crippen molar-refractivity contribution in [3.8, 4) is 0 Å². The van der Waals surface area contributed by atoms with Crippen molar-refractivity contribution >= 4 is 47.3 Å². The number of aliphatic hydroxyl groups is 1. The summed E-state index contributed by atoms with van der Waals surface area (Å²) >= 11 is 3.20. The molecule has 0 bridgehead atoms. The second-order valence-electron chi connectivity index (χ2n) is 11.8. The van der Waals surface area contributed by atoms with Gasteiger partial charge >= 0.3 is 6.09 Å². The molecule has 4 amide bonds. The molecule has 1 saturated heterocycles. The van der Waals surface area contributed by atoms with Crippen molar-refractivity contribution in [1.29, 1.82) is 0 Å². The molecular weight excluding hydrogens is 564 g/mol. The molecule has 0 saturated carbocycles. The Labute approximate surface area is 253 Å². The minimum atomic E-state index is -0.943. The maximum atomic E-state index is 13.6. The predicted molar refractivity (Wildman–Crippen MR) is 166 cm³/mol. The van der Waals surface area contributed by atoms with E-state index in [1.807, 2.05) is 12.2 Å². The number of hydrogen-bond donors (Lipinski definition) is 4. The second kappa shape index (κ2) is 17.3. The molecule has 2 rings (SSSR count). The SMILES string of the molecule is CCCCNC(=O)[C@H](C)C[C@H](O)[C@@H]1CSC/C=C/CS[C@@H]2CCCN(C(=O)OC(C)(C)C)[C@@H]2C(=O)N[C@@H](C)C(=O)N1. The van der Waals surface area contributed by atoms with Crippen molar-refractivity contribution in [2.45, 2.75) is 109 Å². The lowest BCUT2D eigenvalue weighted by Gasteiger charge is -2.40. The predicted octanol–water partition coefficient (Wildman–Crippen LogP) is 3.08. The molecule has 2 aliphatic rings. The van der Waals surface area contributed by atoms with E-state index >= 15 is 0 Å². The minimum absolute atomic E-state index is 0.119. The van der Waals surface area contributed by atoms with E-state index < -0.39 is 53.7 Å². The van der Waals surface area contributed by atoms with Gasteiger partial charge in [0.25, 0.3) is 0 Å². The molecule has 0 radical (unpaired) electrons. The van der Waals surface area contributed by atoms with Gasteiger partial charge in [-0.25, -0.2) is 4.79 Å². The third kappa shape index (κ3) is 12.1. The fourth-order valence-electron chi connectivity index (χ4n) is 4.67. The Bertz CT molecular complexity index is 912. The Kier molecular flexibility index (Phi) is 14.8. The molecule has 4 N–H and O–H groups in total. The fourth-order valence-corrected chi connectivity index (χ4v) is 6.91. The van der Waals surface area contributed by atoms with Gasteiger partial charge < -0.3 is 25.8 Å². The topological polar surface area (TPSA) is 137 Å². The highest BCUT2D eigenvalue weighted by molar-refractivity contribution is 8.00. The summed E-state index contributed by atoms with van der Waals surface area (Å²) in [5, 5.41) is 19.5. The van der Waals surface area contributed by atoms with Crippen molar-refractivity contribution < 1.29 is 29.0 Å². The van der Waals surface area contributed by atoms with Gasteiger partial charge in [0.05, 0.1) is 12.1 Å². The van der Waals surface area contributed by atoms with E-state index in [0.717, 1.165) is 25.7 Å². The molecular formula is C29H50N4O6S2. The Morgan fingerprint density at radius 2 is 1.90 bits per heavy atom. The summed E-state index contributed by atoms with van der Waals surface area (Å²) in [5.41, 5.74) is -0.704. The second-order valence-corrected chi connectivity index (χ2v) is 14.2. The maximum Gasteiger partial charge on any atom is 0.411 e. The van der Waals surface area contributed by atoms with Crippen molar-refractivity contribution in [2.24, 2.45) is 5.92 Å². The van der Waals surface area contributed by atoms with Gasteiger partial charge in [-0.05, 0) is 53.4 Å². The highest BCUT2D eigenvalue weighted by Gasteiger charge is 2.42. The normalized spacial score (nSPS) is 27.1. The van der Waals surface area contributed by atoms with Gasteiger partial charge in [-0.2, -0.15) is 23.5 Å². The van der Waals surface area contributed by atoms with E-state index in [1.54, 1.807) is 58.1 Å². The molecule has 1 fully saturated rings. The molecule has 2 aliphatic heterocycles. The van der Waals surface area contributed by atoms with Crippen LogP contribution in [0.4, 0.5) is 4.79 Å². The van der Waals surface area contributed by atoms with Crippen LogP contribution in [0.2, 0.25) is 0 Å². The average molecular weight is 615 g/mol. The van der Waals surface area contributed by atoms with Crippen LogP contribution in [0.3, 0.4) is 0 Å². The van der Waals surface area contributed by atoms with Crippen LogP contribution in [0.5, 0.6) is 0 Å². The molecule has 2 heterocycles. The number of amides is 4. The van der Waals surface area contributed by atoms with Crippen molar-refractivity contribution in [1.82, 2.24) is 20.9 Å². The van der Waals surface area contributed by atoms with Gasteiger partial charge in [-0.3, -0.25) is 19.3 Å². The average Bonchev–Trinajstić information content (AvgIpc) is 2.90. The molecule has 10 nitrogen and oxygen atoms in total. The Morgan fingerprint density at radius 1 is 1.20 bits per heavy atom. The fraction of sp³-hybridized carbons (Fsp3) is 0.793. The summed E-state index contributed by atoms with van der Waals surface area (Å²) in [5.74, 6) is 0.448. The van der Waals surface area contributed by atoms with E-state index in [-0.39, 0.29) is 17.6 Å². The number of unbranched alkanes of at least 4 members (excludes halogenated alkanes) is 1. The summed E-state index contributed by atoms with van der Waals surface area (Å²) in [7, 11) is 0. The third-order valence-corrected chi connectivity index (χ3v) is 9.30. The van der Waals surface area contributed by atoms with E-state index in [1.165, 1.54) is 4.90 Å².